The smallest absolute Gasteiger partial charge is 0.135 e. The van der Waals surface area contributed by atoms with Crippen molar-refractivity contribution < 1.29 is 0 Å². The number of allylic oxidation sites excluding steroid dienone is 2. The zero-order valence-electron chi connectivity index (χ0n) is 17.4. The molecule has 0 aliphatic carbocycles. The van der Waals surface area contributed by atoms with Gasteiger partial charge in [-0.2, -0.15) is 5.10 Å². The maximum Gasteiger partial charge on any atom is 0.135 e. The van der Waals surface area contributed by atoms with E-state index in [4.69, 9.17) is 4.98 Å². The number of rotatable bonds is 5. The summed E-state index contributed by atoms with van der Waals surface area (Å²) in [5.74, 6) is 0. The Morgan fingerprint density at radius 2 is 2.13 bits per heavy atom. The van der Waals surface area contributed by atoms with E-state index >= 15 is 0 Å². The van der Waals surface area contributed by atoms with Gasteiger partial charge in [-0.1, -0.05) is 30.9 Å². The maximum atomic E-state index is 4.96. The first-order chi connectivity index (χ1) is 15.2. The fraction of sp³-hybridized carbons (Fsp3) is 0.160. The van der Waals surface area contributed by atoms with Crippen LogP contribution in [0.5, 0.6) is 0 Å². The minimum absolute atomic E-state index is 0.819. The van der Waals surface area contributed by atoms with Crippen LogP contribution in [0.1, 0.15) is 29.1 Å². The van der Waals surface area contributed by atoms with Gasteiger partial charge >= 0.3 is 0 Å². The molecule has 0 amide bonds. The van der Waals surface area contributed by atoms with Gasteiger partial charge in [-0.05, 0) is 55.8 Å². The molecule has 5 heterocycles. The van der Waals surface area contributed by atoms with Gasteiger partial charge in [-0.15, -0.1) is 0 Å². The number of nitrogens with one attached hydrogen (secondary N) is 3. The lowest BCUT2D eigenvalue weighted by atomic mass is 10.0. The molecule has 1 aliphatic rings. The normalized spacial score (nSPS) is 14.6. The van der Waals surface area contributed by atoms with Crippen LogP contribution in [0.4, 0.5) is 0 Å². The molecule has 154 valence electrons. The molecule has 6 heteroatoms. The second-order valence-corrected chi connectivity index (χ2v) is 7.60. The monoisotopic (exact) mass is 408 g/mol. The Morgan fingerprint density at radius 3 is 2.90 bits per heavy atom. The molecule has 0 saturated carbocycles. The van der Waals surface area contributed by atoms with Crippen LogP contribution in [0, 0.1) is 6.92 Å². The highest BCUT2D eigenvalue weighted by molar-refractivity contribution is 5.91. The van der Waals surface area contributed by atoms with E-state index in [1.54, 1.807) is 12.3 Å². The lowest BCUT2D eigenvalue weighted by Crippen LogP contribution is -2.20. The summed E-state index contributed by atoms with van der Waals surface area (Å²) < 4.78 is 0. The second-order valence-electron chi connectivity index (χ2n) is 7.60. The van der Waals surface area contributed by atoms with Crippen molar-refractivity contribution in [1.82, 2.24) is 30.5 Å². The quantitative estimate of drug-likeness (QED) is 0.420. The fourth-order valence-corrected chi connectivity index (χ4v) is 4.04. The summed E-state index contributed by atoms with van der Waals surface area (Å²) in [5.41, 5.74) is 9.87. The standard InChI is InChI=1S/C25H24N6/c1-3-6-18(21-7-4-5-12-27-21)19-15-23(28-16(19)2)25-24-22(30-31-25)9-8-20(29-24)17-10-13-26-14-11-17/h3-10,12,15,26,28H,1,11,13-14H2,2H3,(H,30,31)/b18-6+. The van der Waals surface area contributed by atoms with E-state index in [9.17, 15) is 0 Å². The van der Waals surface area contributed by atoms with E-state index in [-0.39, 0.29) is 0 Å². The zero-order chi connectivity index (χ0) is 21.2. The van der Waals surface area contributed by atoms with Gasteiger partial charge in [0.25, 0.3) is 0 Å². The number of hydrogen-bond donors (Lipinski definition) is 3. The second kappa shape index (κ2) is 8.16. The molecule has 31 heavy (non-hydrogen) atoms. The van der Waals surface area contributed by atoms with E-state index in [1.807, 2.05) is 24.3 Å². The van der Waals surface area contributed by atoms with Crippen LogP contribution in [-0.4, -0.2) is 38.2 Å². The van der Waals surface area contributed by atoms with Crippen molar-refractivity contribution in [1.29, 1.82) is 0 Å². The predicted molar refractivity (Wildman–Crippen MR) is 125 cm³/mol. The van der Waals surface area contributed by atoms with Crippen LogP contribution < -0.4 is 5.32 Å². The van der Waals surface area contributed by atoms with Crippen molar-refractivity contribution in [3.05, 3.63) is 90.0 Å². The first kappa shape index (κ1) is 19.2. The third kappa shape index (κ3) is 3.62. The summed E-state index contributed by atoms with van der Waals surface area (Å²) in [6.45, 7) is 7.81. The van der Waals surface area contributed by atoms with Gasteiger partial charge in [0, 0.05) is 29.6 Å². The SMILES string of the molecule is C=C/C=C(/c1ccccn1)c1cc(-c2n[nH]c3ccc(C4=CCNCC4)nc23)[nH]c1C. The van der Waals surface area contributed by atoms with Gasteiger partial charge in [0.15, 0.2) is 0 Å². The summed E-state index contributed by atoms with van der Waals surface area (Å²) in [5, 5.41) is 11.1. The minimum atomic E-state index is 0.819. The Morgan fingerprint density at radius 1 is 1.19 bits per heavy atom. The van der Waals surface area contributed by atoms with Gasteiger partial charge in [0.1, 0.15) is 11.2 Å². The first-order valence-electron chi connectivity index (χ1n) is 10.4. The highest BCUT2D eigenvalue weighted by Crippen LogP contribution is 2.32. The van der Waals surface area contributed by atoms with E-state index in [0.717, 1.165) is 70.1 Å². The van der Waals surface area contributed by atoms with E-state index in [2.05, 4.69) is 63.3 Å². The van der Waals surface area contributed by atoms with E-state index < -0.39 is 0 Å². The van der Waals surface area contributed by atoms with Crippen molar-refractivity contribution in [3.8, 4) is 11.4 Å². The Labute approximate surface area is 180 Å². The molecule has 0 saturated heterocycles. The number of aromatic amines is 2. The van der Waals surface area contributed by atoms with Crippen molar-refractivity contribution >= 4 is 22.2 Å². The van der Waals surface area contributed by atoms with Crippen LogP contribution in [0.3, 0.4) is 0 Å². The molecule has 5 rings (SSSR count). The molecule has 1 aliphatic heterocycles. The molecule has 6 nitrogen and oxygen atoms in total. The molecule has 0 bridgehead atoms. The molecule has 0 radical (unpaired) electrons. The van der Waals surface area contributed by atoms with Crippen LogP contribution >= 0.6 is 0 Å². The molecule has 0 atom stereocenters. The zero-order valence-corrected chi connectivity index (χ0v) is 17.4. The number of H-pyrrole nitrogens is 2. The van der Waals surface area contributed by atoms with Crippen LogP contribution in [0.2, 0.25) is 0 Å². The summed E-state index contributed by atoms with van der Waals surface area (Å²) in [6, 6.07) is 12.2. The Bertz CT molecular complexity index is 1310. The molecule has 0 aromatic carbocycles. The number of pyridine rings is 2. The number of fused-ring (bicyclic) bond motifs is 1. The topological polar surface area (TPSA) is 82.3 Å². The summed E-state index contributed by atoms with van der Waals surface area (Å²) in [4.78, 5) is 13.0. The molecular weight excluding hydrogens is 384 g/mol. The van der Waals surface area contributed by atoms with Crippen molar-refractivity contribution in [2.24, 2.45) is 0 Å². The molecular formula is C25H24N6. The summed E-state index contributed by atoms with van der Waals surface area (Å²) >= 11 is 0. The van der Waals surface area contributed by atoms with Gasteiger partial charge in [0.2, 0.25) is 0 Å². The summed E-state index contributed by atoms with van der Waals surface area (Å²) in [7, 11) is 0. The van der Waals surface area contributed by atoms with Crippen LogP contribution in [-0.2, 0) is 0 Å². The van der Waals surface area contributed by atoms with Crippen molar-refractivity contribution in [3.63, 3.8) is 0 Å². The lowest BCUT2D eigenvalue weighted by molar-refractivity contribution is 0.737. The van der Waals surface area contributed by atoms with Gasteiger partial charge in [-0.25, -0.2) is 4.98 Å². The number of hydrogen-bond acceptors (Lipinski definition) is 4. The number of nitrogens with zero attached hydrogens (tertiary/aromatic N) is 3. The number of aromatic nitrogens is 5. The van der Waals surface area contributed by atoms with Crippen LogP contribution in [0.15, 0.2) is 67.4 Å². The highest BCUT2D eigenvalue weighted by Gasteiger charge is 2.18. The van der Waals surface area contributed by atoms with Gasteiger partial charge in [0.05, 0.1) is 22.6 Å². The fourth-order valence-electron chi connectivity index (χ4n) is 4.04. The molecule has 3 N–H and O–H groups in total. The van der Waals surface area contributed by atoms with Crippen molar-refractivity contribution in [2.75, 3.05) is 13.1 Å². The molecule has 0 spiro atoms. The Hall–Kier alpha value is -3.77. The van der Waals surface area contributed by atoms with Crippen LogP contribution in [0.25, 0.3) is 33.6 Å². The largest absolute Gasteiger partial charge is 0.357 e. The number of aryl methyl sites for hydroxylation is 1. The summed E-state index contributed by atoms with van der Waals surface area (Å²) in [6.07, 6.45) is 8.79. The molecule has 4 aromatic rings. The van der Waals surface area contributed by atoms with E-state index in [0.29, 0.717) is 0 Å². The third-order valence-electron chi connectivity index (χ3n) is 5.59. The highest BCUT2D eigenvalue weighted by atomic mass is 15.1. The predicted octanol–water partition coefficient (Wildman–Crippen LogP) is 4.65. The lowest BCUT2D eigenvalue weighted by Gasteiger charge is -2.13. The molecule has 0 unspecified atom stereocenters. The van der Waals surface area contributed by atoms with Gasteiger partial charge < -0.3 is 10.3 Å². The van der Waals surface area contributed by atoms with Gasteiger partial charge in [-0.3, -0.25) is 10.1 Å². The Kier molecular flexibility index (Phi) is 5.06. The minimum Gasteiger partial charge on any atom is -0.357 e. The molecule has 4 aromatic heterocycles. The van der Waals surface area contributed by atoms with E-state index in [1.165, 1.54) is 5.57 Å². The van der Waals surface area contributed by atoms with Crippen molar-refractivity contribution in [2.45, 2.75) is 13.3 Å². The third-order valence-corrected chi connectivity index (χ3v) is 5.59. The average molecular weight is 409 g/mol. The molecule has 0 fully saturated rings. The first-order valence-corrected chi connectivity index (χ1v) is 10.4. The average Bonchev–Trinajstić information content (AvgIpc) is 3.41. The maximum absolute atomic E-state index is 4.96. The Balaban J connectivity index is 1.59.